The molecule has 0 atom stereocenters. The SMILES string of the molecule is Cc1ccc(O)c(Cn2c(NC3CCNCC3)nc3cccnc32)n1. The van der Waals surface area contributed by atoms with Crippen LogP contribution in [0.25, 0.3) is 11.2 Å². The maximum atomic E-state index is 10.2. The van der Waals surface area contributed by atoms with Crippen molar-refractivity contribution in [3.63, 3.8) is 0 Å². The average molecular weight is 338 g/mol. The van der Waals surface area contributed by atoms with Gasteiger partial charge in [0.25, 0.3) is 0 Å². The van der Waals surface area contributed by atoms with Crippen LogP contribution in [0.4, 0.5) is 5.95 Å². The van der Waals surface area contributed by atoms with E-state index in [1.807, 2.05) is 23.6 Å². The molecule has 0 aliphatic carbocycles. The lowest BCUT2D eigenvalue weighted by atomic mass is 10.1. The van der Waals surface area contributed by atoms with Gasteiger partial charge in [-0.25, -0.2) is 9.97 Å². The van der Waals surface area contributed by atoms with Crippen molar-refractivity contribution in [1.82, 2.24) is 24.8 Å². The summed E-state index contributed by atoms with van der Waals surface area (Å²) in [5, 5.41) is 17.1. The van der Waals surface area contributed by atoms with Crippen LogP contribution in [0, 0.1) is 6.92 Å². The monoisotopic (exact) mass is 338 g/mol. The molecule has 25 heavy (non-hydrogen) atoms. The minimum absolute atomic E-state index is 0.191. The molecule has 3 N–H and O–H groups in total. The smallest absolute Gasteiger partial charge is 0.205 e. The number of fused-ring (bicyclic) bond motifs is 1. The number of imidazole rings is 1. The Labute approximate surface area is 146 Å². The van der Waals surface area contributed by atoms with Crippen molar-refractivity contribution >= 4 is 17.1 Å². The van der Waals surface area contributed by atoms with Crippen molar-refractivity contribution in [3.8, 4) is 5.75 Å². The van der Waals surface area contributed by atoms with Gasteiger partial charge in [-0.2, -0.15) is 0 Å². The molecule has 0 radical (unpaired) electrons. The van der Waals surface area contributed by atoms with Crippen molar-refractivity contribution in [2.45, 2.75) is 32.4 Å². The maximum Gasteiger partial charge on any atom is 0.205 e. The number of pyridine rings is 2. The second-order valence-corrected chi connectivity index (χ2v) is 6.45. The third-order valence-electron chi connectivity index (χ3n) is 4.57. The summed E-state index contributed by atoms with van der Waals surface area (Å²) < 4.78 is 2.00. The minimum Gasteiger partial charge on any atom is -0.506 e. The van der Waals surface area contributed by atoms with Crippen LogP contribution >= 0.6 is 0 Å². The van der Waals surface area contributed by atoms with Gasteiger partial charge in [-0.15, -0.1) is 0 Å². The third kappa shape index (κ3) is 3.28. The number of aromatic nitrogens is 4. The molecule has 0 aromatic carbocycles. The highest BCUT2D eigenvalue weighted by atomic mass is 16.3. The van der Waals surface area contributed by atoms with Gasteiger partial charge in [-0.05, 0) is 57.1 Å². The fraction of sp³-hybridized carbons (Fsp3) is 0.389. The van der Waals surface area contributed by atoms with Gasteiger partial charge in [0.05, 0.1) is 6.54 Å². The third-order valence-corrected chi connectivity index (χ3v) is 4.57. The first-order valence-electron chi connectivity index (χ1n) is 8.65. The standard InChI is InChI=1S/C18H22N6O/c1-12-4-5-16(25)15(21-12)11-24-17-14(3-2-8-20-17)23-18(24)22-13-6-9-19-10-7-13/h2-5,8,13,19,25H,6-7,9-11H2,1H3,(H,22,23). The van der Waals surface area contributed by atoms with E-state index in [-0.39, 0.29) is 5.75 Å². The van der Waals surface area contributed by atoms with Crippen molar-refractivity contribution in [1.29, 1.82) is 0 Å². The summed E-state index contributed by atoms with van der Waals surface area (Å²) in [6, 6.07) is 7.71. The zero-order valence-corrected chi connectivity index (χ0v) is 14.2. The van der Waals surface area contributed by atoms with E-state index in [0.717, 1.165) is 48.7 Å². The fourth-order valence-electron chi connectivity index (χ4n) is 3.24. The Hall–Kier alpha value is -2.67. The molecule has 130 valence electrons. The normalized spacial score (nSPS) is 15.6. The Kier molecular flexibility index (Phi) is 4.23. The van der Waals surface area contributed by atoms with E-state index in [1.54, 1.807) is 18.3 Å². The zero-order valence-electron chi connectivity index (χ0n) is 14.2. The summed E-state index contributed by atoms with van der Waals surface area (Å²) in [5.41, 5.74) is 3.13. The van der Waals surface area contributed by atoms with Crippen LogP contribution < -0.4 is 10.6 Å². The topological polar surface area (TPSA) is 87.9 Å². The Morgan fingerprint density at radius 3 is 2.92 bits per heavy atom. The highest BCUT2D eigenvalue weighted by Gasteiger charge is 2.19. The Bertz CT molecular complexity index is 884. The van der Waals surface area contributed by atoms with Crippen molar-refractivity contribution in [2.24, 2.45) is 0 Å². The summed E-state index contributed by atoms with van der Waals surface area (Å²) in [4.78, 5) is 13.7. The summed E-state index contributed by atoms with van der Waals surface area (Å²) >= 11 is 0. The predicted octanol–water partition coefficient (Wildman–Crippen LogP) is 2.05. The van der Waals surface area contributed by atoms with E-state index >= 15 is 0 Å². The fourth-order valence-corrected chi connectivity index (χ4v) is 3.24. The molecule has 4 rings (SSSR count). The van der Waals surface area contributed by atoms with E-state index in [9.17, 15) is 5.11 Å². The lowest BCUT2D eigenvalue weighted by Crippen LogP contribution is -2.36. The number of rotatable bonds is 4. The zero-order chi connectivity index (χ0) is 17.2. The molecule has 0 bridgehead atoms. The summed E-state index contributed by atoms with van der Waals surface area (Å²) in [6.45, 7) is 4.36. The van der Waals surface area contributed by atoms with Crippen molar-refractivity contribution < 1.29 is 5.11 Å². The van der Waals surface area contributed by atoms with Gasteiger partial charge in [0.1, 0.15) is 17.0 Å². The first-order chi connectivity index (χ1) is 12.2. The van der Waals surface area contributed by atoms with E-state index < -0.39 is 0 Å². The second-order valence-electron chi connectivity index (χ2n) is 6.45. The summed E-state index contributed by atoms with van der Waals surface area (Å²) in [7, 11) is 0. The first-order valence-corrected chi connectivity index (χ1v) is 8.65. The van der Waals surface area contributed by atoms with Crippen LogP contribution in [0.1, 0.15) is 24.2 Å². The van der Waals surface area contributed by atoms with Crippen molar-refractivity contribution in [2.75, 3.05) is 18.4 Å². The van der Waals surface area contributed by atoms with E-state index in [4.69, 9.17) is 4.98 Å². The molecule has 7 nitrogen and oxygen atoms in total. The number of aryl methyl sites for hydroxylation is 1. The number of aromatic hydroxyl groups is 1. The number of nitrogens with zero attached hydrogens (tertiary/aromatic N) is 4. The molecular weight excluding hydrogens is 316 g/mol. The molecule has 3 aromatic rings. The summed E-state index contributed by atoms with van der Waals surface area (Å²) in [5.74, 6) is 0.972. The van der Waals surface area contributed by atoms with Gasteiger partial charge < -0.3 is 15.7 Å². The predicted molar refractivity (Wildman–Crippen MR) is 96.8 cm³/mol. The highest BCUT2D eigenvalue weighted by molar-refractivity contribution is 5.74. The first kappa shape index (κ1) is 15.8. The number of hydrogen-bond donors (Lipinski definition) is 3. The van der Waals surface area contributed by atoms with Crippen molar-refractivity contribution in [3.05, 3.63) is 41.9 Å². The Morgan fingerprint density at radius 1 is 1.24 bits per heavy atom. The van der Waals surface area contributed by atoms with E-state index in [0.29, 0.717) is 18.3 Å². The molecule has 1 aliphatic heterocycles. The van der Waals surface area contributed by atoms with Gasteiger partial charge in [0, 0.05) is 17.9 Å². The molecule has 0 spiro atoms. The number of hydrogen-bond acceptors (Lipinski definition) is 6. The quantitative estimate of drug-likeness (QED) is 0.675. The van der Waals surface area contributed by atoms with E-state index in [1.165, 1.54) is 0 Å². The van der Waals surface area contributed by atoms with Crippen LogP contribution in [0.5, 0.6) is 5.75 Å². The van der Waals surface area contributed by atoms with E-state index in [2.05, 4.69) is 20.6 Å². The lowest BCUT2D eigenvalue weighted by Gasteiger charge is -2.24. The van der Waals surface area contributed by atoms with Crippen LogP contribution in [0.15, 0.2) is 30.5 Å². The van der Waals surface area contributed by atoms with Gasteiger partial charge in [-0.1, -0.05) is 0 Å². The molecule has 0 unspecified atom stereocenters. The molecule has 1 saturated heterocycles. The van der Waals surface area contributed by atoms with Crippen LogP contribution in [0.2, 0.25) is 0 Å². The molecule has 0 saturated carbocycles. The number of nitrogens with one attached hydrogen (secondary N) is 2. The second kappa shape index (κ2) is 6.68. The summed E-state index contributed by atoms with van der Waals surface area (Å²) in [6.07, 6.45) is 3.88. The van der Waals surface area contributed by atoms with Crippen LogP contribution in [0.3, 0.4) is 0 Å². The highest BCUT2D eigenvalue weighted by Crippen LogP contribution is 2.24. The molecule has 1 aliphatic rings. The Morgan fingerprint density at radius 2 is 2.08 bits per heavy atom. The van der Waals surface area contributed by atoms with Gasteiger partial charge in [-0.3, -0.25) is 9.55 Å². The van der Waals surface area contributed by atoms with Crippen LogP contribution in [-0.4, -0.2) is 43.8 Å². The molecule has 0 amide bonds. The van der Waals surface area contributed by atoms with Gasteiger partial charge in [0.2, 0.25) is 5.95 Å². The molecule has 4 heterocycles. The average Bonchev–Trinajstić information content (AvgIpc) is 2.96. The molecule has 1 fully saturated rings. The number of anilines is 1. The molecular formula is C18H22N6O. The lowest BCUT2D eigenvalue weighted by molar-refractivity contribution is 0.460. The molecule has 7 heteroatoms. The largest absolute Gasteiger partial charge is 0.506 e. The van der Waals surface area contributed by atoms with Crippen LogP contribution in [-0.2, 0) is 6.54 Å². The molecule has 3 aromatic heterocycles. The maximum absolute atomic E-state index is 10.2. The Balaban J connectivity index is 1.72. The number of piperidine rings is 1. The minimum atomic E-state index is 0.191. The van der Waals surface area contributed by atoms with Gasteiger partial charge in [0.15, 0.2) is 5.65 Å². The van der Waals surface area contributed by atoms with Gasteiger partial charge >= 0.3 is 0 Å².